The molecule has 0 bridgehead atoms. The average molecular weight is 246 g/mol. The molecule has 0 aromatic heterocycles. The third-order valence-corrected chi connectivity index (χ3v) is 2.13. The number of aliphatic carboxylic acids is 1. The van der Waals surface area contributed by atoms with Gasteiger partial charge in [-0.1, -0.05) is 12.5 Å². The van der Waals surface area contributed by atoms with Gasteiger partial charge in [0.05, 0.1) is 19.8 Å². The molecule has 2 N–H and O–H groups in total. The second-order valence-corrected chi connectivity index (χ2v) is 3.71. The largest absolute Gasteiger partial charge is 0.481 e. The van der Waals surface area contributed by atoms with Crippen LogP contribution in [-0.4, -0.2) is 48.7 Å². The lowest BCUT2D eigenvalue weighted by Gasteiger charge is -2.14. The van der Waals surface area contributed by atoms with Gasteiger partial charge < -0.3 is 19.7 Å². The maximum Gasteiger partial charge on any atom is 0.303 e. The molecule has 17 heavy (non-hydrogen) atoms. The van der Waals surface area contributed by atoms with Crippen molar-refractivity contribution in [3.05, 3.63) is 12.7 Å². The number of aliphatic hydroxyl groups excluding tert-OH is 1. The van der Waals surface area contributed by atoms with Crippen molar-refractivity contribution < 1.29 is 24.5 Å². The minimum atomic E-state index is -0.767. The quantitative estimate of drug-likeness (QED) is 0.400. The predicted octanol–water partition coefficient (Wildman–Crippen LogP) is 1.21. The molecule has 0 radical (unpaired) electrons. The van der Waals surface area contributed by atoms with Crippen LogP contribution in [0, 0.1) is 0 Å². The molecule has 0 aliphatic carbocycles. The topological polar surface area (TPSA) is 76.0 Å². The fourth-order valence-electron chi connectivity index (χ4n) is 1.24. The highest BCUT2D eigenvalue weighted by Gasteiger charge is 2.07. The Morgan fingerprint density at radius 1 is 1.35 bits per heavy atom. The number of aliphatic hydroxyl groups is 1. The van der Waals surface area contributed by atoms with Crippen LogP contribution < -0.4 is 0 Å². The van der Waals surface area contributed by atoms with E-state index in [4.69, 9.17) is 19.7 Å². The zero-order chi connectivity index (χ0) is 12.9. The average Bonchev–Trinajstić information content (AvgIpc) is 2.31. The van der Waals surface area contributed by atoms with Crippen molar-refractivity contribution in [2.75, 3.05) is 26.4 Å². The van der Waals surface area contributed by atoms with E-state index in [0.717, 1.165) is 12.8 Å². The third kappa shape index (κ3) is 11.4. The molecule has 1 atom stereocenters. The van der Waals surface area contributed by atoms with E-state index >= 15 is 0 Å². The highest BCUT2D eigenvalue weighted by atomic mass is 16.5. The van der Waals surface area contributed by atoms with E-state index in [1.54, 1.807) is 6.08 Å². The summed E-state index contributed by atoms with van der Waals surface area (Å²) in [5, 5.41) is 17.4. The smallest absolute Gasteiger partial charge is 0.303 e. The van der Waals surface area contributed by atoms with Crippen molar-refractivity contribution in [1.82, 2.24) is 0 Å². The molecule has 0 aliphatic rings. The van der Waals surface area contributed by atoms with Crippen LogP contribution in [-0.2, 0) is 14.3 Å². The van der Waals surface area contributed by atoms with Crippen LogP contribution >= 0.6 is 0 Å². The van der Waals surface area contributed by atoms with Crippen molar-refractivity contribution >= 4 is 5.97 Å². The van der Waals surface area contributed by atoms with Gasteiger partial charge in [-0.2, -0.15) is 0 Å². The lowest BCUT2D eigenvalue weighted by Crippen LogP contribution is -2.24. The van der Waals surface area contributed by atoms with Crippen molar-refractivity contribution in [3.8, 4) is 0 Å². The Labute approximate surface area is 102 Å². The molecule has 0 saturated heterocycles. The highest BCUT2D eigenvalue weighted by Crippen LogP contribution is 2.02. The Bertz CT molecular complexity index is 205. The normalized spacial score (nSPS) is 12.3. The van der Waals surface area contributed by atoms with E-state index in [1.807, 2.05) is 0 Å². The zero-order valence-electron chi connectivity index (χ0n) is 10.1. The number of ether oxygens (including phenoxy) is 2. The van der Waals surface area contributed by atoms with Crippen molar-refractivity contribution in [2.45, 2.75) is 31.8 Å². The molecule has 0 saturated carbocycles. The van der Waals surface area contributed by atoms with Crippen molar-refractivity contribution in [3.63, 3.8) is 0 Å². The standard InChI is InChI=1S/C12H22O5/c1-2-7-16-10-11(9-13)17-8-5-3-4-6-12(14)15/h2,11,13H,1,3-10H2,(H,14,15). The maximum atomic E-state index is 10.2. The van der Waals surface area contributed by atoms with Crippen molar-refractivity contribution in [1.29, 1.82) is 0 Å². The SMILES string of the molecule is C=CCOCC(CO)OCCCCCC(=O)O. The van der Waals surface area contributed by atoms with Gasteiger partial charge in [-0.15, -0.1) is 6.58 Å². The van der Waals surface area contributed by atoms with Gasteiger partial charge in [0.2, 0.25) is 0 Å². The van der Waals surface area contributed by atoms with Gasteiger partial charge >= 0.3 is 5.97 Å². The molecule has 0 fully saturated rings. The number of carboxylic acids is 1. The van der Waals surface area contributed by atoms with E-state index in [1.165, 1.54) is 0 Å². The van der Waals surface area contributed by atoms with E-state index in [-0.39, 0.29) is 19.1 Å². The Morgan fingerprint density at radius 3 is 2.71 bits per heavy atom. The summed E-state index contributed by atoms with van der Waals surface area (Å²) in [5.41, 5.74) is 0. The van der Waals surface area contributed by atoms with Crippen LogP contribution in [0.1, 0.15) is 25.7 Å². The first kappa shape index (κ1) is 16.1. The minimum absolute atomic E-state index is 0.0771. The number of hydrogen-bond donors (Lipinski definition) is 2. The summed E-state index contributed by atoms with van der Waals surface area (Å²) in [6, 6.07) is 0. The highest BCUT2D eigenvalue weighted by molar-refractivity contribution is 5.66. The van der Waals surface area contributed by atoms with E-state index in [9.17, 15) is 4.79 Å². The summed E-state index contributed by atoms with van der Waals surface area (Å²) in [7, 11) is 0. The number of carboxylic acid groups (broad SMARTS) is 1. The third-order valence-electron chi connectivity index (χ3n) is 2.13. The number of rotatable bonds is 12. The second kappa shape index (κ2) is 11.6. The van der Waals surface area contributed by atoms with Crippen LogP contribution in [0.2, 0.25) is 0 Å². The summed E-state index contributed by atoms with van der Waals surface area (Å²) in [6.45, 7) is 4.74. The van der Waals surface area contributed by atoms with Gasteiger partial charge in [-0.3, -0.25) is 4.79 Å². The van der Waals surface area contributed by atoms with Gasteiger partial charge in [-0.05, 0) is 12.8 Å². The summed E-state index contributed by atoms with van der Waals surface area (Å²) < 4.78 is 10.6. The Balaban J connectivity index is 3.36. The molecule has 5 heteroatoms. The molecular formula is C12H22O5. The first-order valence-corrected chi connectivity index (χ1v) is 5.83. The Hall–Kier alpha value is -0.910. The maximum absolute atomic E-state index is 10.2. The minimum Gasteiger partial charge on any atom is -0.481 e. The Morgan fingerprint density at radius 2 is 2.12 bits per heavy atom. The van der Waals surface area contributed by atoms with Crippen molar-refractivity contribution in [2.24, 2.45) is 0 Å². The van der Waals surface area contributed by atoms with E-state index in [2.05, 4.69) is 6.58 Å². The molecule has 0 amide bonds. The molecule has 5 nitrogen and oxygen atoms in total. The molecular weight excluding hydrogens is 224 g/mol. The Kier molecular flexibility index (Phi) is 11.0. The van der Waals surface area contributed by atoms with Crippen LogP contribution in [0.4, 0.5) is 0 Å². The van der Waals surface area contributed by atoms with Crippen LogP contribution in [0.3, 0.4) is 0 Å². The van der Waals surface area contributed by atoms with E-state index < -0.39 is 5.97 Å². The molecule has 0 spiro atoms. The van der Waals surface area contributed by atoms with Gasteiger partial charge in [-0.25, -0.2) is 0 Å². The summed E-state index contributed by atoms with van der Waals surface area (Å²) in [5.74, 6) is -0.767. The van der Waals surface area contributed by atoms with Gasteiger partial charge in [0, 0.05) is 13.0 Å². The zero-order valence-corrected chi connectivity index (χ0v) is 10.1. The summed E-state index contributed by atoms with van der Waals surface area (Å²) >= 11 is 0. The first-order chi connectivity index (χ1) is 8.20. The molecule has 0 aromatic rings. The predicted molar refractivity (Wildman–Crippen MR) is 63.9 cm³/mol. The molecule has 0 heterocycles. The van der Waals surface area contributed by atoms with Gasteiger partial charge in [0.25, 0.3) is 0 Å². The molecule has 0 aliphatic heterocycles. The lowest BCUT2D eigenvalue weighted by molar-refractivity contribution is -0.137. The molecule has 1 unspecified atom stereocenters. The molecule has 0 rings (SSSR count). The number of hydrogen-bond acceptors (Lipinski definition) is 4. The lowest BCUT2D eigenvalue weighted by atomic mass is 10.2. The number of unbranched alkanes of at least 4 members (excludes halogenated alkanes) is 2. The number of carbonyl (C=O) groups is 1. The van der Waals surface area contributed by atoms with Crippen LogP contribution in [0.25, 0.3) is 0 Å². The van der Waals surface area contributed by atoms with Crippen LogP contribution in [0.5, 0.6) is 0 Å². The first-order valence-electron chi connectivity index (χ1n) is 5.83. The second-order valence-electron chi connectivity index (χ2n) is 3.71. The van der Waals surface area contributed by atoms with E-state index in [0.29, 0.717) is 26.2 Å². The molecule has 100 valence electrons. The fraction of sp³-hybridized carbons (Fsp3) is 0.750. The summed E-state index contributed by atoms with van der Waals surface area (Å²) in [6.07, 6.45) is 3.81. The fourth-order valence-corrected chi connectivity index (χ4v) is 1.24. The summed E-state index contributed by atoms with van der Waals surface area (Å²) in [4.78, 5) is 10.2. The van der Waals surface area contributed by atoms with Crippen LogP contribution in [0.15, 0.2) is 12.7 Å². The molecule has 0 aromatic carbocycles. The van der Waals surface area contributed by atoms with Gasteiger partial charge in [0.15, 0.2) is 0 Å². The van der Waals surface area contributed by atoms with Gasteiger partial charge in [0.1, 0.15) is 6.10 Å². The monoisotopic (exact) mass is 246 g/mol.